The fourth-order valence-corrected chi connectivity index (χ4v) is 6.00. The van der Waals surface area contributed by atoms with Gasteiger partial charge in [-0.15, -0.1) is 0 Å². The molecule has 0 radical (unpaired) electrons. The summed E-state index contributed by atoms with van der Waals surface area (Å²) in [5.41, 5.74) is 10.2. The molecule has 1 aliphatic heterocycles. The Balaban J connectivity index is 1.14. The van der Waals surface area contributed by atoms with Crippen molar-refractivity contribution in [1.82, 2.24) is 0 Å². The Kier molecular flexibility index (Phi) is 11.6. The summed E-state index contributed by atoms with van der Waals surface area (Å²) in [6.07, 6.45) is 2.71. The van der Waals surface area contributed by atoms with Crippen molar-refractivity contribution in [3.8, 4) is 0 Å². The van der Waals surface area contributed by atoms with Gasteiger partial charge in [0.1, 0.15) is 0 Å². The summed E-state index contributed by atoms with van der Waals surface area (Å²) in [5.74, 6) is 0.291. The lowest BCUT2D eigenvalue weighted by atomic mass is 10.0. The van der Waals surface area contributed by atoms with Gasteiger partial charge in [-0.25, -0.2) is 0 Å². The number of hydrogen-bond acceptors (Lipinski definition) is 8. The summed E-state index contributed by atoms with van der Waals surface area (Å²) in [6.45, 7) is -0.0339. The molecule has 1 saturated heterocycles. The van der Waals surface area contributed by atoms with E-state index in [0.29, 0.717) is 53.5 Å². The second kappa shape index (κ2) is 16.2. The number of rotatable bonds is 13. The number of nitrogen functional groups attached to an aromatic ring is 1. The average Bonchev–Trinajstić information content (AvgIpc) is 3.07. The van der Waals surface area contributed by atoms with Crippen LogP contribution in [0.15, 0.2) is 102 Å². The van der Waals surface area contributed by atoms with Crippen molar-refractivity contribution < 1.29 is 28.9 Å². The van der Waals surface area contributed by atoms with Crippen molar-refractivity contribution in [3.05, 3.63) is 119 Å². The van der Waals surface area contributed by atoms with E-state index in [9.17, 15) is 19.9 Å². The van der Waals surface area contributed by atoms with E-state index in [0.717, 1.165) is 21.4 Å². The molecule has 0 saturated carbocycles. The van der Waals surface area contributed by atoms with Crippen LogP contribution in [-0.2, 0) is 25.7 Å². The van der Waals surface area contributed by atoms with Crippen molar-refractivity contribution in [2.75, 3.05) is 22.1 Å². The maximum atomic E-state index is 12.6. The van der Waals surface area contributed by atoms with E-state index in [4.69, 9.17) is 15.2 Å². The maximum absolute atomic E-state index is 12.6. The first-order valence-electron chi connectivity index (χ1n) is 15.2. The zero-order chi connectivity index (χ0) is 32.3. The number of nitrogens with one attached hydrogen (secondary N) is 2. The normalized spacial score (nSPS) is 17.7. The van der Waals surface area contributed by atoms with Crippen molar-refractivity contribution in [2.24, 2.45) is 0 Å². The zero-order valence-electron chi connectivity index (χ0n) is 25.3. The fraction of sp³-hybridized carbons (Fsp3) is 0.286. The number of thioether (sulfide) groups is 1. The molecule has 0 spiro atoms. The van der Waals surface area contributed by atoms with Crippen LogP contribution >= 0.6 is 11.8 Å². The van der Waals surface area contributed by atoms with E-state index in [1.807, 2.05) is 60.7 Å². The van der Waals surface area contributed by atoms with Crippen LogP contribution in [0.3, 0.4) is 0 Å². The van der Waals surface area contributed by atoms with E-state index in [-0.39, 0.29) is 37.0 Å². The summed E-state index contributed by atoms with van der Waals surface area (Å²) in [5, 5.41) is 27.9. The van der Waals surface area contributed by atoms with Gasteiger partial charge in [0, 0.05) is 48.4 Å². The van der Waals surface area contributed by atoms with Gasteiger partial charge in [0.05, 0.1) is 30.2 Å². The van der Waals surface area contributed by atoms with Crippen LogP contribution in [0, 0.1) is 5.21 Å². The minimum atomic E-state index is -0.654. The number of nitrogens with zero attached hydrogens (tertiary/aromatic N) is 1. The third-order valence-corrected chi connectivity index (χ3v) is 8.73. The Morgan fingerprint density at radius 1 is 0.870 bits per heavy atom. The molecule has 11 heteroatoms. The molecule has 10 nitrogen and oxygen atoms in total. The number of unbranched alkanes of at least 4 members (excludes halogenated alkanes) is 1. The van der Waals surface area contributed by atoms with Crippen LogP contribution in [0.25, 0.3) is 0 Å². The van der Waals surface area contributed by atoms with Gasteiger partial charge in [-0.1, -0.05) is 60.3 Å². The number of benzene rings is 3. The lowest BCUT2D eigenvalue weighted by Gasteiger charge is -2.36. The summed E-state index contributed by atoms with van der Waals surface area (Å²) in [6, 6.07) is 27.4. The number of anilines is 3. The molecule has 240 valence electrons. The topological polar surface area (TPSA) is 150 Å². The molecule has 0 bridgehead atoms. The van der Waals surface area contributed by atoms with Gasteiger partial charge in [0.2, 0.25) is 11.8 Å². The highest BCUT2D eigenvalue weighted by Crippen LogP contribution is 2.39. The van der Waals surface area contributed by atoms with Crippen LogP contribution in [0.5, 0.6) is 0 Å². The molecule has 46 heavy (non-hydrogen) atoms. The number of nitrogens with two attached hydrogens (primary N) is 1. The largest absolute Gasteiger partial charge is 0.618 e. The van der Waals surface area contributed by atoms with Gasteiger partial charge in [0.25, 0.3) is 5.03 Å². The van der Waals surface area contributed by atoms with Crippen molar-refractivity contribution in [1.29, 1.82) is 0 Å². The van der Waals surface area contributed by atoms with Gasteiger partial charge in [-0.2, -0.15) is 4.73 Å². The van der Waals surface area contributed by atoms with E-state index in [1.165, 1.54) is 18.0 Å². The minimum Gasteiger partial charge on any atom is -0.618 e. The first-order chi connectivity index (χ1) is 22.4. The lowest BCUT2D eigenvalue weighted by molar-refractivity contribution is -0.645. The molecular weight excluding hydrogens is 604 g/mol. The summed E-state index contributed by atoms with van der Waals surface area (Å²) in [7, 11) is 0. The number of hydrogen-bond donors (Lipinski definition) is 4. The van der Waals surface area contributed by atoms with Gasteiger partial charge in [0.15, 0.2) is 12.5 Å². The number of aliphatic hydroxyl groups excluding tert-OH is 1. The molecule has 3 aromatic carbocycles. The van der Waals surface area contributed by atoms with Crippen molar-refractivity contribution in [3.63, 3.8) is 0 Å². The van der Waals surface area contributed by atoms with Gasteiger partial charge in [-0.3, -0.25) is 9.59 Å². The summed E-state index contributed by atoms with van der Waals surface area (Å²) < 4.78 is 13.6. The Morgan fingerprint density at radius 2 is 1.54 bits per heavy atom. The zero-order valence-corrected chi connectivity index (χ0v) is 26.2. The molecule has 1 fully saturated rings. The molecule has 4 aromatic rings. The number of amides is 2. The second-order valence-electron chi connectivity index (χ2n) is 11.0. The SMILES string of the molecule is Nc1ccccc1NC(=O)CCCCC(=O)Nc1ccc([C@@H]2O[C@H](CSc3cccc[n+]3[O-])C[C@H](c3ccc(CO)cc3)O2)cc1. The Hall–Kier alpha value is -4.42. The van der Waals surface area contributed by atoms with E-state index < -0.39 is 6.29 Å². The maximum Gasteiger partial charge on any atom is 0.251 e. The number of ether oxygens (including phenoxy) is 2. The highest BCUT2D eigenvalue weighted by atomic mass is 32.2. The van der Waals surface area contributed by atoms with Gasteiger partial charge >= 0.3 is 0 Å². The lowest BCUT2D eigenvalue weighted by Crippen LogP contribution is -2.32. The van der Waals surface area contributed by atoms with Crippen LogP contribution < -0.4 is 21.1 Å². The Bertz CT molecular complexity index is 1600. The molecule has 5 N–H and O–H groups in total. The molecule has 0 aliphatic carbocycles. The van der Waals surface area contributed by atoms with E-state index in [1.54, 1.807) is 30.3 Å². The molecule has 2 heterocycles. The molecule has 3 atom stereocenters. The first-order valence-corrected chi connectivity index (χ1v) is 16.2. The van der Waals surface area contributed by atoms with Crippen LogP contribution in [0.1, 0.15) is 61.2 Å². The monoisotopic (exact) mass is 642 g/mol. The number of carbonyl (C=O) groups is 2. The number of aliphatic hydroxyl groups is 1. The highest BCUT2D eigenvalue weighted by Gasteiger charge is 2.32. The number of aromatic nitrogens is 1. The molecule has 1 aromatic heterocycles. The van der Waals surface area contributed by atoms with Crippen LogP contribution in [0.4, 0.5) is 17.1 Å². The molecule has 2 amide bonds. The van der Waals surface area contributed by atoms with E-state index in [2.05, 4.69) is 10.6 Å². The quantitative estimate of drug-likeness (QED) is 0.0465. The summed E-state index contributed by atoms with van der Waals surface area (Å²) >= 11 is 1.44. The predicted octanol–water partition coefficient (Wildman–Crippen LogP) is 5.87. The van der Waals surface area contributed by atoms with E-state index >= 15 is 0 Å². The number of para-hydroxylation sites is 2. The standard InChI is InChI=1S/C35H38N4O6S/c36-29-7-1-2-8-30(29)38-33(42)10-4-3-9-32(41)37-27-18-16-26(17-19-27)35-44-28(23-46-34-11-5-6-20-39(34)43)21-31(45-35)25-14-12-24(22-40)13-15-25/h1-2,5-8,11-20,28,31,35,40H,3-4,9-10,21-23,36H2,(H,37,41)(H,38,42)/t28-,31+,35+/m0/s1. The minimum absolute atomic E-state index is 0.0339. The second-order valence-corrected chi connectivity index (χ2v) is 12.1. The number of carbonyl (C=O) groups excluding carboxylic acids is 2. The smallest absolute Gasteiger partial charge is 0.251 e. The summed E-state index contributed by atoms with van der Waals surface area (Å²) in [4.78, 5) is 24.8. The molecule has 5 rings (SSSR count). The fourth-order valence-electron chi connectivity index (χ4n) is 5.07. The molecule has 1 aliphatic rings. The third kappa shape index (κ3) is 9.30. The molecule has 0 unspecified atom stereocenters. The van der Waals surface area contributed by atoms with Crippen molar-refractivity contribution in [2.45, 2.75) is 62.2 Å². The number of pyridine rings is 1. The average molecular weight is 643 g/mol. The molecular formula is C35H38N4O6S. The van der Waals surface area contributed by atoms with Crippen LogP contribution in [0.2, 0.25) is 0 Å². The van der Waals surface area contributed by atoms with Crippen LogP contribution in [-0.4, -0.2) is 28.8 Å². The Labute approximate surface area is 272 Å². The highest BCUT2D eigenvalue weighted by molar-refractivity contribution is 7.99. The predicted molar refractivity (Wildman–Crippen MR) is 178 cm³/mol. The third-order valence-electron chi connectivity index (χ3n) is 7.58. The van der Waals surface area contributed by atoms with Gasteiger partial charge < -0.3 is 36.2 Å². The first kappa shape index (κ1) is 33.0. The Morgan fingerprint density at radius 3 is 2.24 bits per heavy atom. The van der Waals surface area contributed by atoms with Gasteiger partial charge in [-0.05, 0) is 54.3 Å². The van der Waals surface area contributed by atoms with Crippen molar-refractivity contribution >= 4 is 40.6 Å².